The third-order valence-electron chi connectivity index (χ3n) is 2.22. The quantitative estimate of drug-likeness (QED) is 0.427. The summed E-state index contributed by atoms with van der Waals surface area (Å²) >= 11 is 0. The van der Waals surface area contributed by atoms with Crippen LogP contribution in [0, 0.1) is 5.41 Å². The van der Waals surface area contributed by atoms with Gasteiger partial charge in [0.1, 0.15) is 12.3 Å². The highest BCUT2D eigenvalue weighted by Gasteiger charge is 2.33. The van der Waals surface area contributed by atoms with E-state index in [0.717, 1.165) is 24.3 Å². The van der Waals surface area contributed by atoms with E-state index in [1.165, 1.54) is 0 Å². The van der Waals surface area contributed by atoms with Crippen molar-refractivity contribution in [1.29, 1.82) is 5.41 Å². The number of aliphatic imine (C=N–C) groups is 1. The number of nitrogens with zero attached hydrogens (tertiary/aromatic N) is 2. The lowest BCUT2D eigenvalue weighted by atomic mass is 10.3. The summed E-state index contributed by atoms with van der Waals surface area (Å²) in [6.45, 7) is -1.63. The third-order valence-corrected chi connectivity index (χ3v) is 2.22. The maximum absolute atomic E-state index is 12.3. The Hall–Kier alpha value is -2.37. The van der Waals surface area contributed by atoms with Crippen molar-refractivity contribution in [2.24, 2.45) is 16.5 Å². The Morgan fingerprint density at radius 1 is 1.08 bits per heavy atom. The molecule has 0 unspecified atom stereocenters. The number of nitrogens with one attached hydrogen (secondary N) is 1. The van der Waals surface area contributed by atoms with Gasteiger partial charge < -0.3 is 16.2 Å². The summed E-state index contributed by atoms with van der Waals surface area (Å²) in [6.07, 6.45) is -9.56. The van der Waals surface area contributed by atoms with Gasteiger partial charge in [-0.1, -0.05) is 0 Å². The standard InChI is InChI=1S/C11H11F6N5O.ClH/c12-10(13,14)5-22(8(18)19)9(20)21-6-1-3-7(4-2-6)23-11(15,16)17;/h1-4H,5H2,(H3,18,19)(H2,20,21);1H. The molecule has 5 N–H and O–H groups in total. The van der Waals surface area contributed by atoms with E-state index < -0.39 is 36.8 Å². The van der Waals surface area contributed by atoms with Gasteiger partial charge in [-0.05, 0) is 24.3 Å². The number of benzene rings is 1. The molecule has 0 saturated carbocycles. The van der Waals surface area contributed by atoms with Crippen molar-refractivity contribution in [2.75, 3.05) is 6.54 Å². The average molecular weight is 380 g/mol. The number of nitrogens with two attached hydrogens (primary N) is 2. The first kappa shape index (κ1) is 21.6. The van der Waals surface area contributed by atoms with E-state index in [4.69, 9.17) is 16.9 Å². The topological polar surface area (TPSA) is 101 Å². The Balaban J connectivity index is 0.00000529. The molecule has 0 spiro atoms. The molecule has 0 amide bonds. The normalized spacial score (nSPS) is 12.3. The maximum atomic E-state index is 12.3. The van der Waals surface area contributed by atoms with Gasteiger partial charge in [-0.25, -0.2) is 4.99 Å². The zero-order valence-corrected chi connectivity index (χ0v) is 12.5. The van der Waals surface area contributed by atoms with Crippen LogP contribution in [0.4, 0.5) is 32.0 Å². The number of alkyl halides is 6. The molecule has 0 aromatic heterocycles. The molecule has 0 aliphatic rings. The SMILES string of the molecule is Cl.N=C(N)N(CC(F)(F)F)C(N)=Nc1ccc(OC(F)(F)F)cc1. The predicted molar refractivity (Wildman–Crippen MR) is 76.3 cm³/mol. The minimum atomic E-state index is -4.87. The van der Waals surface area contributed by atoms with Gasteiger partial charge in [-0.3, -0.25) is 10.3 Å². The van der Waals surface area contributed by atoms with Crippen molar-refractivity contribution in [3.05, 3.63) is 24.3 Å². The number of hydrogen-bond donors (Lipinski definition) is 3. The largest absolute Gasteiger partial charge is 0.573 e. The summed E-state index contributed by atoms with van der Waals surface area (Å²) in [5, 5.41) is 7.06. The molecule has 24 heavy (non-hydrogen) atoms. The van der Waals surface area contributed by atoms with E-state index in [2.05, 4.69) is 9.73 Å². The third kappa shape index (κ3) is 7.76. The fourth-order valence-electron chi connectivity index (χ4n) is 1.38. The molecule has 0 aliphatic carbocycles. The molecule has 0 heterocycles. The van der Waals surface area contributed by atoms with Crippen LogP contribution in [-0.4, -0.2) is 35.9 Å². The fourth-order valence-corrected chi connectivity index (χ4v) is 1.38. The summed E-state index contributed by atoms with van der Waals surface area (Å²) in [7, 11) is 0. The predicted octanol–water partition coefficient (Wildman–Crippen LogP) is 2.71. The Morgan fingerprint density at radius 3 is 1.96 bits per heavy atom. The fraction of sp³-hybridized carbons (Fsp3) is 0.273. The van der Waals surface area contributed by atoms with Gasteiger partial charge in [0.05, 0.1) is 5.69 Å². The van der Waals surface area contributed by atoms with Crippen LogP contribution in [0.3, 0.4) is 0 Å². The minimum Gasteiger partial charge on any atom is -0.406 e. The molecule has 0 bridgehead atoms. The van der Waals surface area contributed by atoms with E-state index in [-0.39, 0.29) is 23.0 Å². The van der Waals surface area contributed by atoms with Crippen LogP contribution in [0.1, 0.15) is 0 Å². The second-order valence-corrected chi connectivity index (χ2v) is 4.10. The Kier molecular flexibility index (Phi) is 7.16. The monoisotopic (exact) mass is 379 g/mol. The maximum Gasteiger partial charge on any atom is 0.573 e. The van der Waals surface area contributed by atoms with Crippen LogP contribution < -0.4 is 16.2 Å². The van der Waals surface area contributed by atoms with E-state index >= 15 is 0 Å². The zero-order chi connectivity index (χ0) is 17.8. The molecular formula is C11H12ClF6N5O. The first-order valence-corrected chi connectivity index (χ1v) is 5.76. The van der Waals surface area contributed by atoms with Crippen LogP contribution >= 0.6 is 12.4 Å². The zero-order valence-electron chi connectivity index (χ0n) is 11.6. The molecule has 0 aliphatic heterocycles. The van der Waals surface area contributed by atoms with Crippen LogP contribution in [-0.2, 0) is 0 Å². The first-order valence-electron chi connectivity index (χ1n) is 5.76. The molecule has 6 nitrogen and oxygen atoms in total. The number of halogens is 7. The van der Waals surface area contributed by atoms with Crippen molar-refractivity contribution < 1.29 is 31.1 Å². The van der Waals surface area contributed by atoms with E-state index in [1.54, 1.807) is 0 Å². The second-order valence-electron chi connectivity index (χ2n) is 4.10. The molecule has 1 aromatic carbocycles. The molecule has 13 heteroatoms. The van der Waals surface area contributed by atoms with Crippen molar-refractivity contribution in [3.63, 3.8) is 0 Å². The average Bonchev–Trinajstić information content (AvgIpc) is 2.35. The van der Waals surface area contributed by atoms with Gasteiger partial charge in [-0.2, -0.15) is 13.2 Å². The van der Waals surface area contributed by atoms with Crippen LogP contribution in [0.2, 0.25) is 0 Å². The first-order chi connectivity index (χ1) is 10.4. The summed E-state index contributed by atoms with van der Waals surface area (Å²) in [5.41, 5.74) is 10.3. The van der Waals surface area contributed by atoms with Gasteiger partial charge in [0, 0.05) is 0 Å². The molecule has 1 aromatic rings. The van der Waals surface area contributed by atoms with Crippen molar-refractivity contribution in [3.8, 4) is 5.75 Å². The lowest BCUT2D eigenvalue weighted by Crippen LogP contribution is -2.49. The molecular weight excluding hydrogens is 368 g/mol. The number of guanidine groups is 2. The Bertz CT molecular complexity index is 586. The second kappa shape index (κ2) is 7.95. The molecule has 0 atom stereocenters. The van der Waals surface area contributed by atoms with Gasteiger partial charge in [0.25, 0.3) is 0 Å². The van der Waals surface area contributed by atoms with E-state index in [9.17, 15) is 26.3 Å². The summed E-state index contributed by atoms with van der Waals surface area (Å²) in [6, 6.07) is 3.89. The Morgan fingerprint density at radius 2 is 1.58 bits per heavy atom. The highest BCUT2D eigenvalue weighted by atomic mass is 35.5. The van der Waals surface area contributed by atoms with Gasteiger partial charge >= 0.3 is 12.5 Å². The highest BCUT2D eigenvalue weighted by Crippen LogP contribution is 2.25. The lowest BCUT2D eigenvalue weighted by molar-refractivity contribution is -0.274. The molecule has 1 rings (SSSR count). The smallest absolute Gasteiger partial charge is 0.406 e. The van der Waals surface area contributed by atoms with Crippen molar-refractivity contribution in [2.45, 2.75) is 12.5 Å². The van der Waals surface area contributed by atoms with Crippen LogP contribution in [0.5, 0.6) is 5.75 Å². The lowest BCUT2D eigenvalue weighted by Gasteiger charge is -2.22. The van der Waals surface area contributed by atoms with E-state index in [0.29, 0.717) is 0 Å². The van der Waals surface area contributed by atoms with Crippen molar-refractivity contribution >= 4 is 30.0 Å². The highest BCUT2D eigenvalue weighted by molar-refractivity contribution is 5.96. The van der Waals surface area contributed by atoms with E-state index in [1.807, 2.05) is 0 Å². The minimum absolute atomic E-state index is 0. The van der Waals surface area contributed by atoms with Gasteiger partial charge in [-0.15, -0.1) is 25.6 Å². The number of rotatable bonds is 3. The van der Waals surface area contributed by atoms with Crippen LogP contribution in [0.25, 0.3) is 0 Å². The Labute approximate surface area is 138 Å². The summed E-state index contributed by atoms with van der Waals surface area (Å²) in [5.74, 6) is -2.26. The molecule has 136 valence electrons. The number of hydrogen-bond acceptors (Lipinski definition) is 3. The molecule has 0 saturated heterocycles. The summed E-state index contributed by atoms with van der Waals surface area (Å²) in [4.78, 5) is 3.76. The number of ether oxygens (including phenoxy) is 1. The molecule has 0 fully saturated rings. The van der Waals surface area contributed by atoms with Crippen molar-refractivity contribution in [1.82, 2.24) is 4.90 Å². The molecule has 0 radical (unpaired) electrons. The van der Waals surface area contributed by atoms with Gasteiger partial charge in [0.15, 0.2) is 5.96 Å². The van der Waals surface area contributed by atoms with Gasteiger partial charge in [0.2, 0.25) is 5.96 Å². The summed E-state index contributed by atoms with van der Waals surface area (Å²) < 4.78 is 76.6. The van der Waals surface area contributed by atoms with Crippen LogP contribution in [0.15, 0.2) is 29.3 Å².